The van der Waals surface area contributed by atoms with E-state index >= 15 is 0 Å². The smallest absolute Gasteiger partial charge is 0.328 e. The Morgan fingerprint density at radius 3 is 2.40 bits per heavy atom. The van der Waals surface area contributed by atoms with Crippen LogP contribution in [0.15, 0.2) is 5.11 Å². The van der Waals surface area contributed by atoms with Crippen molar-refractivity contribution in [2.75, 3.05) is 20.2 Å². The van der Waals surface area contributed by atoms with Crippen LogP contribution in [0.1, 0.15) is 27.7 Å². The molecule has 0 bridgehead atoms. The molecule has 0 aliphatic carbocycles. The number of hydrogen-bond acceptors (Lipinski definition) is 5. The highest BCUT2D eigenvalue weighted by Gasteiger charge is 2.52. The molecule has 0 aromatic rings. The molecule has 1 heterocycles. The SMILES string of the molecule is COC(=O)[C@H](C)NC(=O)C1(N=[N+]=[N-])CN(C(C)(C)C)C1. The molecular formula is C12H21N5O3. The van der Waals surface area contributed by atoms with E-state index in [1.54, 1.807) is 0 Å². The van der Waals surface area contributed by atoms with Gasteiger partial charge in [0.25, 0.3) is 0 Å². The summed E-state index contributed by atoms with van der Waals surface area (Å²) in [6.45, 7) is 8.24. The zero-order valence-corrected chi connectivity index (χ0v) is 12.5. The molecule has 1 aliphatic heterocycles. The van der Waals surface area contributed by atoms with Crippen molar-refractivity contribution >= 4 is 11.9 Å². The Balaban J connectivity index is 2.77. The minimum Gasteiger partial charge on any atom is -0.467 e. The number of amides is 1. The first-order valence-electron chi connectivity index (χ1n) is 6.36. The third kappa shape index (κ3) is 3.20. The van der Waals surface area contributed by atoms with Crippen LogP contribution in [0.25, 0.3) is 10.4 Å². The molecule has 1 atom stereocenters. The molecule has 8 heteroatoms. The Morgan fingerprint density at radius 2 is 2.00 bits per heavy atom. The van der Waals surface area contributed by atoms with Crippen LogP contribution in [0.5, 0.6) is 0 Å². The highest BCUT2D eigenvalue weighted by molar-refractivity contribution is 5.92. The maximum absolute atomic E-state index is 12.2. The molecule has 8 nitrogen and oxygen atoms in total. The number of nitrogens with zero attached hydrogens (tertiary/aromatic N) is 4. The molecule has 1 saturated heterocycles. The van der Waals surface area contributed by atoms with Crippen LogP contribution in [0.4, 0.5) is 0 Å². The van der Waals surface area contributed by atoms with Gasteiger partial charge in [-0.25, -0.2) is 4.79 Å². The number of carbonyl (C=O) groups excluding carboxylic acids is 2. The number of likely N-dealkylation sites (tertiary alicyclic amines) is 1. The molecule has 112 valence electrons. The first-order valence-corrected chi connectivity index (χ1v) is 6.36. The monoisotopic (exact) mass is 283 g/mol. The van der Waals surface area contributed by atoms with Crippen LogP contribution in [0.3, 0.4) is 0 Å². The summed E-state index contributed by atoms with van der Waals surface area (Å²) >= 11 is 0. The molecule has 20 heavy (non-hydrogen) atoms. The van der Waals surface area contributed by atoms with Gasteiger partial charge in [-0.15, -0.1) is 0 Å². The molecule has 1 aliphatic rings. The fourth-order valence-electron chi connectivity index (χ4n) is 1.96. The van der Waals surface area contributed by atoms with E-state index < -0.39 is 23.5 Å². The molecule has 0 saturated carbocycles. The highest BCUT2D eigenvalue weighted by atomic mass is 16.5. The van der Waals surface area contributed by atoms with Crippen molar-refractivity contribution in [2.45, 2.75) is 44.8 Å². The quantitative estimate of drug-likeness (QED) is 0.357. The van der Waals surface area contributed by atoms with Gasteiger partial charge in [0.05, 0.1) is 7.11 Å². The van der Waals surface area contributed by atoms with Gasteiger partial charge in [-0.2, -0.15) is 0 Å². The highest BCUT2D eigenvalue weighted by Crippen LogP contribution is 2.32. The van der Waals surface area contributed by atoms with Crippen LogP contribution in [0.2, 0.25) is 0 Å². The fourth-order valence-corrected chi connectivity index (χ4v) is 1.96. The molecule has 0 radical (unpaired) electrons. The number of carbonyl (C=O) groups is 2. The number of esters is 1. The summed E-state index contributed by atoms with van der Waals surface area (Å²) in [7, 11) is 1.25. The van der Waals surface area contributed by atoms with Crippen molar-refractivity contribution in [3.05, 3.63) is 10.4 Å². The second-order valence-corrected chi connectivity index (χ2v) is 5.97. The predicted molar refractivity (Wildman–Crippen MR) is 72.8 cm³/mol. The Bertz CT molecular complexity index is 444. The summed E-state index contributed by atoms with van der Waals surface area (Å²) in [4.78, 5) is 28.3. The predicted octanol–water partition coefficient (Wildman–Crippen LogP) is 0.827. The second kappa shape index (κ2) is 5.68. The molecule has 1 amide bonds. The standard InChI is InChI=1S/C12H21N5O3/c1-8(9(18)20-5)14-10(19)12(15-16-13)6-17(7-12)11(2,3)4/h8H,6-7H2,1-5H3,(H,14,19)/t8-/m0/s1. The number of rotatable bonds is 4. The van der Waals surface area contributed by atoms with Crippen LogP contribution < -0.4 is 5.32 Å². The van der Waals surface area contributed by atoms with E-state index in [-0.39, 0.29) is 5.54 Å². The Kier molecular flexibility index (Phi) is 4.62. The maximum atomic E-state index is 12.2. The van der Waals surface area contributed by atoms with Crippen LogP contribution >= 0.6 is 0 Å². The van der Waals surface area contributed by atoms with E-state index in [0.717, 1.165) is 0 Å². The van der Waals surface area contributed by atoms with E-state index in [2.05, 4.69) is 20.1 Å². The number of azide groups is 1. The molecule has 0 aromatic heterocycles. The summed E-state index contributed by atoms with van der Waals surface area (Å²) in [6.07, 6.45) is 0. The lowest BCUT2D eigenvalue weighted by atomic mass is 9.85. The topological polar surface area (TPSA) is 107 Å². The number of nitrogens with one attached hydrogen (secondary N) is 1. The van der Waals surface area contributed by atoms with Crippen molar-refractivity contribution in [3.63, 3.8) is 0 Å². The van der Waals surface area contributed by atoms with Gasteiger partial charge in [-0.05, 0) is 33.2 Å². The Labute approximate surface area is 118 Å². The van der Waals surface area contributed by atoms with Crippen molar-refractivity contribution in [2.24, 2.45) is 5.11 Å². The lowest BCUT2D eigenvalue weighted by Gasteiger charge is -2.52. The molecule has 1 N–H and O–H groups in total. The third-order valence-corrected chi connectivity index (χ3v) is 3.41. The molecule has 0 aromatic carbocycles. The third-order valence-electron chi connectivity index (χ3n) is 3.41. The van der Waals surface area contributed by atoms with Crippen LogP contribution in [0, 0.1) is 0 Å². The lowest BCUT2D eigenvalue weighted by Crippen LogP contribution is -2.71. The van der Waals surface area contributed by atoms with E-state index in [1.165, 1.54) is 14.0 Å². The zero-order chi connectivity index (χ0) is 15.6. The first kappa shape index (κ1) is 16.3. The average molecular weight is 283 g/mol. The van der Waals surface area contributed by atoms with Gasteiger partial charge in [0.2, 0.25) is 5.91 Å². The van der Waals surface area contributed by atoms with Gasteiger partial charge in [-0.3, -0.25) is 9.69 Å². The molecule has 1 rings (SSSR count). The lowest BCUT2D eigenvalue weighted by molar-refractivity contribution is -0.147. The van der Waals surface area contributed by atoms with Crippen molar-refractivity contribution in [1.82, 2.24) is 10.2 Å². The van der Waals surface area contributed by atoms with Crippen LogP contribution in [-0.4, -0.2) is 54.1 Å². The number of methoxy groups -OCH3 is 1. The summed E-state index contributed by atoms with van der Waals surface area (Å²) in [5, 5.41) is 6.16. The Morgan fingerprint density at radius 1 is 1.45 bits per heavy atom. The summed E-state index contributed by atoms with van der Waals surface area (Å²) < 4.78 is 4.55. The van der Waals surface area contributed by atoms with E-state index in [9.17, 15) is 9.59 Å². The van der Waals surface area contributed by atoms with Gasteiger partial charge >= 0.3 is 5.97 Å². The molecule has 0 unspecified atom stereocenters. The molecule has 1 fully saturated rings. The average Bonchev–Trinajstić information content (AvgIpc) is 2.30. The first-order chi connectivity index (χ1) is 9.16. The van der Waals surface area contributed by atoms with Crippen molar-refractivity contribution in [1.29, 1.82) is 0 Å². The van der Waals surface area contributed by atoms with Gasteiger partial charge in [0.15, 0.2) is 5.54 Å². The molecule has 0 spiro atoms. The fraction of sp³-hybridized carbons (Fsp3) is 0.833. The summed E-state index contributed by atoms with van der Waals surface area (Å²) in [5.41, 5.74) is 7.41. The minimum absolute atomic E-state index is 0.108. The normalized spacial score (nSPS) is 19.2. The van der Waals surface area contributed by atoms with Crippen molar-refractivity contribution < 1.29 is 14.3 Å². The van der Waals surface area contributed by atoms with E-state index in [0.29, 0.717) is 13.1 Å². The van der Waals surface area contributed by atoms with Crippen molar-refractivity contribution in [3.8, 4) is 0 Å². The molecular weight excluding hydrogens is 262 g/mol. The van der Waals surface area contributed by atoms with E-state index in [4.69, 9.17) is 5.53 Å². The second-order valence-electron chi connectivity index (χ2n) is 5.97. The summed E-state index contributed by atoms with van der Waals surface area (Å²) in [6, 6.07) is -0.776. The van der Waals surface area contributed by atoms with Gasteiger partial charge in [-0.1, -0.05) is 5.11 Å². The Hall–Kier alpha value is -1.79. The largest absolute Gasteiger partial charge is 0.467 e. The van der Waals surface area contributed by atoms with Gasteiger partial charge in [0.1, 0.15) is 6.04 Å². The van der Waals surface area contributed by atoms with Gasteiger partial charge < -0.3 is 10.1 Å². The summed E-state index contributed by atoms with van der Waals surface area (Å²) in [5.74, 6) is -0.991. The van der Waals surface area contributed by atoms with Gasteiger partial charge in [0, 0.05) is 23.5 Å². The van der Waals surface area contributed by atoms with E-state index in [1.807, 2.05) is 25.7 Å². The number of hydrogen-bond donors (Lipinski definition) is 1. The minimum atomic E-state index is -1.15. The van der Waals surface area contributed by atoms with Crippen LogP contribution in [-0.2, 0) is 14.3 Å². The zero-order valence-electron chi connectivity index (χ0n) is 12.5. The maximum Gasteiger partial charge on any atom is 0.328 e. The number of ether oxygens (including phenoxy) is 1.